The molecular formula is C34H28F6N4O2. The number of benzene rings is 3. The monoisotopic (exact) mass is 638 g/mol. The van der Waals surface area contributed by atoms with E-state index >= 15 is 0 Å². The number of ether oxygens (including phenoxy) is 1. The third-order valence-electron chi connectivity index (χ3n) is 8.08. The van der Waals surface area contributed by atoms with Gasteiger partial charge < -0.3 is 14.0 Å². The van der Waals surface area contributed by atoms with Crippen LogP contribution in [0.25, 0.3) is 28.0 Å². The maximum absolute atomic E-state index is 13.5. The van der Waals surface area contributed by atoms with Crippen LogP contribution in [0.1, 0.15) is 27.2 Å². The quantitative estimate of drug-likeness (QED) is 0.179. The predicted molar refractivity (Wildman–Crippen MR) is 160 cm³/mol. The molecule has 12 heteroatoms. The Bertz CT molecular complexity index is 1870. The van der Waals surface area contributed by atoms with Crippen molar-refractivity contribution in [2.45, 2.75) is 18.9 Å². The molecule has 0 unspecified atom stereocenters. The summed E-state index contributed by atoms with van der Waals surface area (Å²) in [6.45, 7) is 2.12. The van der Waals surface area contributed by atoms with Gasteiger partial charge in [-0.25, -0.2) is 4.98 Å². The molecule has 1 saturated heterocycles. The molecular weight excluding hydrogens is 610 g/mol. The summed E-state index contributed by atoms with van der Waals surface area (Å²) in [6, 6.07) is 20.3. The van der Waals surface area contributed by atoms with Gasteiger partial charge in [0.1, 0.15) is 11.4 Å². The van der Waals surface area contributed by atoms with Crippen LogP contribution in [0.2, 0.25) is 0 Å². The van der Waals surface area contributed by atoms with Crippen LogP contribution in [-0.4, -0.2) is 58.4 Å². The van der Waals surface area contributed by atoms with E-state index in [9.17, 15) is 31.1 Å². The number of carbonyl (C=O) groups excluding carboxylic acids is 1. The smallest absolute Gasteiger partial charge is 0.416 e. The summed E-state index contributed by atoms with van der Waals surface area (Å²) in [5.41, 5.74) is 2.53. The number of carbonyl (C=O) groups is 1. The van der Waals surface area contributed by atoms with Crippen LogP contribution in [0.5, 0.6) is 5.75 Å². The number of rotatable bonds is 6. The van der Waals surface area contributed by atoms with Gasteiger partial charge in [-0.15, -0.1) is 0 Å². The van der Waals surface area contributed by atoms with Gasteiger partial charge >= 0.3 is 12.4 Å². The summed E-state index contributed by atoms with van der Waals surface area (Å²) in [6.07, 6.45) is -7.18. The Hall–Kier alpha value is -4.84. The lowest BCUT2D eigenvalue weighted by Gasteiger charge is -2.34. The lowest BCUT2D eigenvalue weighted by atomic mass is 10.0. The molecule has 3 aromatic carbocycles. The van der Waals surface area contributed by atoms with Crippen LogP contribution in [0.3, 0.4) is 0 Å². The average molecular weight is 639 g/mol. The number of methoxy groups -OCH3 is 1. The van der Waals surface area contributed by atoms with Crippen LogP contribution in [0.4, 0.5) is 26.3 Å². The van der Waals surface area contributed by atoms with Crippen LogP contribution < -0.4 is 4.74 Å². The second-order valence-corrected chi connectivity index (χ2v) is 11.0. The number of fused-ring (bicyclic) bond motifs is 1. The predicted octanol–water partition coefficient (Wildman–Crippen LogP) is 7.67. The number of imidazole rings is 1. The van der Waals surface area contributed by atoms with Gasteiger partial charge in [0.2, 0.25) is 0 Å². The molecule has 0 radical (unpaired) electrons. The number of amides is 1. The fourth-order valence-electron chi connectivity index (χ4n) is 5.60. The van der Waals surface area contributed by atoms with Crippen molar-refractivity contribution in [1.82, 2.24) is 19.2 Å². The first kappa shape index (κ1) is 31.2. The Morgan fingerprint density at radius 3 is 2.11 bits per heavy atom. The minimum atomic E-state index is -4.48. The molecule has 5 aromatic rings. The van der Waals surface area contributed by atoms with Crippen LogP contribution in [0.15, 0.2) is 91.1 Å². The highest BCUT2D eigenvalue weighted by molar-refractivity contribution is 5.94. The van der Waals surface area contributed by atoms with Crippen LogP contribution in [-0.2, 0) is 18.9 Å². The van der Waals surface area contributed by atoms with Gasteiger partial charge in [0, 0.05) is 50.0 Å². The topological polar surface area (TPSA) is 50.1 Å². The van der Waals surface area contributed by atoms with Gasteiger partial charge in [0.15, 0.2) is 0 Å². The van der Waals surface area contributed by atoms with Crippen molar-refractivity contribution < 1.29 is 35.9 Å². The molecule has 6 rings (SSSR count). The Morgan fingerprint density at radius 1 is 0.761 bits per heavy atom. The van der Waals surface area contributed by atoms with Gasteiger partial charge in [0.25, 0.3) is 5.91 Å². The summed E-state index contributed by atoms with van der Waals surface area (Å²) in [4.78, 5) is 21.7. The van der Waals surface area contributed by atoms with Crippen molar-refractivity contribution in [1.29, 1.82) is 0 Å². The van der Waals surface area contributed by atoms with Gasteiger partial charge in [-0.1, -0.05) is 24.3 Å². The molecule has 0 atom stereocenters. The van der Waals surface area contributed by atoms with Crippen molar-refractivity contribution in [3.8, 4) is 28.1 Å². The van der Waals surface area contributed by atoms with E-state index in [0.717, 1.165) is 35.5 Å². The normalized spacial score (nSPS) is 14.5. The zero-order valence-electron chi connectivity index (χ0n) is 24.6. The summed E-state index contributed by atoms with van der Waals surface area (Å²) in [5, 5.41) is 0. The minimum Gasteiger partial charge on any atom is -0.497 e. The molecule has 1 aliphatic heterocycles. The number of hydrogen-bond acceptors (Lipinski definition) is 4. The fraction of sp³-hybridized carbons (Fsp3) is 0.235. The van der Waals surface area contributed by atoms with Crippen molar-refractivity contribution >= 4 is 11.6 Å². The van der Waals surface area contributed by atoms with Crippen molar-refractivity contribution in [3.63, 3.8) is 0 Å². The minimum absolute atomic E-state index is 0.186. The number of hydrogen-bond donors (Lipinski definition) is 0. The van der Waals surface area contributed by atoms with Crippen LogP contribution in [0, 0.1) is 0 Å². The number of piperazine rings is 1. The zero-order valence-corrected chi connectivity index (χ0v) is 24.6. The van der Waals surface area contributed by atoms with Crippen molar-refractivity contribution in [2.75, 3.05) is 33.3 Å². The van der Waals surface area contributed by atoms with Crippen molar-refractivity contribution in [3.05, 3.63) is 114 Å². The molecule has 2 aromatic heterocycles. The molecule has 238 valence electrons. The van der Waals surface area contributed by atoms with E-state index in [0.29, 0.717) is 60.9 Å². The van der Waals surface area contributed by atoms with E-state index in [1.54, 1.807) is 36.4 Å². The Kier molecular flexibility index (Phi) is 8.24. The van der Waals surface area contributed by atoms with E-state index in [1.807, 2.05) is 28.7 Å². The van der Waals surface area contributed by atoms with Gasteiger partial charge in [-0.2, -0.15) is 26.3 Å². The summed E-state index contributed by atoms with van der Waals surface area (Å²) in [5.74, 6) is 0.298. The number of alkyl halides is 6. The second-order valence-electron chi connectivity index (χ2n) is 11.0. The lowest BCUT2D eigenvalue weighted by Crippen LogP contribution is -2.48. The molecule has 6 nitrogen and oxygen atoms in total. The summed E-state index contributed by atoms with van der Waals surface area (Å²) >= 11 is 0. The van der Waals surface area contributed by atoms with E-state index in [1.165, 1.54) is 18.2 Å². The molecule has 46 heavy (non-hydrogen) atoms. The average Bonchev–Trinajstić information content (AvgIpc) is 3.41. The number of nitrogens with zero attached hydrogens (tertiary/aromatic N) is 4. The van der Waals surface area contributed by atoms with E-state index in [4.69, 9.17) is 9.72 Å². The number of pyridine rings is 1. The van der Waals surface area contributed by atoms with E-state index in [-0.39, 0.29) is 11.5 Å². The molecule has 3 heterocycles. The van der Waals surface area contributed by atoms with Gasteiger partial charge in [-0.3, -0.25) is 9.69 Å². The number of aromatic nitrogens is 2. The standard InChI is InChI=1S/C34H28F6N4O2/c1-46-28-7-3-5-24(19-28)31-29(44-20-25(10-13-30(44)41-31)23-4-2-6-27(18-23)34(38,39)40)21-42-14-16-43(17-15-42)32(45)22-8-11-26(12-9-22)33(35,36)37/h2-13,18-20H,14-17,21H2,1H3. The van der Waals surface area contributed by atoms with Gasteiger partial charge in [-0.05, 0) is 71.8 Å². The molecule has 1 aliphatic rings. The maximum Gasteiger partial charge on any atom is 0.416 e. The first-order valence-electron chi connectivity index (χ1n) is 14.4. The first-order valence-corrected chi connectivity index (χ1v) is 14.4. The van der Waals surface area contributed by atoms with E-state index < -0.39 is 23.5 Å². The zero-order chi connectivity index (χ0) is 32.6. The highest BCUT2D eigenvalue weighted by Crippen LogP contribution is 2.34. The summed E-state index contributed by atoms with van der Waals surface area (Å²) in [7, 11) is 1.57. The Labute approximate surface area is 260 Å². The SMILES string of the molecule is COc1cccc(-c2nc3ccc(-c4cccc(C(F)(F)F)c4)cn3c2CN2CCN(C(=O)c3ccc(C(F)(F)F)cc3)CC2)c1. The molecule has 0 spiro atoms. The van der Waals surface area contributed by atoms with E-state index in [2.05, 4.69) is 4.90 Å². The Balaban J connectivity index is 1.28. The second kappa shape index (κ2) is 12.2. The Morgan fingerprint density at radius 2 is 1.43 bits per heavy atom. The third kappa shape index (κ3) is 6.43. The highest BCUT2D eigenvalue weighted by atomic mass is 19.4. The molecule has 1 amide bonds. The molecule has 1 fully saturated rings. The maximum atomic E-state index is 13.5. The third-order valence-corrected chi connectivity index (χ3v) is 8.08. The molecule has 0 aliphatic carbocycles. The number of halogens is 6. The van der Waals surface area contributed by atoms with Crippen LogP contribution >= 0.6 is 0 Å². The fourth-order valence-corrected chi connectivity index (χ4v) is 5.60. The van der Waals surface area contributed by atoms with Crippen molar-refractivity contribution in [2.24, 2.45) is 0 Å². The van der Waals surface area contributed by atoms with Gasteiger partial charge in [0.05, 0.1) is 29.6 Å². The molecule has 0 N–H and O–H groups in total. The molecule has 0 bridgehead atoms. The summed E-state index contributed by atoms with van der Waals surface area (Å²) < 4.78 is 86.5. The lowest BCUT2D eigenvalue weighted by molar-refractivity contribution is -0.138. The highest BCUT2D eigenvalue weighted by Gasteiger charge is 2.32. The first-order chi connectivity index (χ1) is 21.9. The molecule has 0 saturated carbocycles. The largest absolute Gasteiger partial charge is 0.497 e.